The molecule has 0 spiro atoms. The molecule has 0 N–H and O–H groups in total. The zero-order valence-electron chi connectivity index (χ0n) is 5.74. The van der Waals surface area contributed by atoms with Crippen molar-refractivity contribution in [3.63, 3.8) is 0 Å². The molecule has 4 nitrogen and oxygen atoms in total. The van der Waals surface area contributed by atoms with Gasteiger partial charge in [0, 0.05) is 7.11 Å². The fraction of sp³-hybridized carbons (Fsp3) is 0.500. The first-order valence-corrected chi connectivity index (χ1v) is 2.94. The second kappa shape index (κ2) is 3.90. The van der Waals surface area contributed by atoms with E-state index in [-0.39, 0.29) is 0 Å². The van der Waals surface area contributed by atoms with E-state index in [4.69, 9.17) is 9.47 Å². The molecule has 0 amide bonds. The number of aromatic nitrogens is 1. The molecule has 0 radical (unpaired) electrons. The minimum Gasteiger partial charge on any atom is -0.486 e. The van der Waals surface area contributed by atoms with E-state index in [2.05, 4.69) is 9.68 Å². The summed E-state index contributed by atoms with van der Waals surface area (Å²) in [4.78, 5) is 0. The Labute approximate surface area is 58.7 Å². The molecule has 1 aromatic rings. The second-order valence-electron chi connectivity index (χ2n) is 1.70. The number of methoxy groups -OCH3 is 1. The molecule has 10 heavy (non-hydrogen) atoms. The fourth-order valence-electron chi connectivity index (χ4n) is 0.509. The summed E-state index contributed by atoms with van der Waals surface area (Å²) in [5.74, 6) is 0.636. The minimum absolute atomic E-state index is 0.526. The van der Waals surface area contributed by atoms with Crippen LogP contribution in [-0.2, 0) is 4.74 Å². The number of nitrogens with zero attached hydrogens (tertiary/aromatic N) is 1. The zero-order valence-corrected chi connectivity index (χ0v) is 5.74. The Morgan fingerprint density at radius 3 is 3.10 bits per heavy atom. The summed E-state index contributed by atoms with van der Waals surface area (Å²) in [5, 5.41) is 3.46. The van der Waals surface area contributed by atoms with E-state index in [9.17, 15) is 0 Å². The van der Waals surface area contributed by atoms with Gasteiger partial charge in [-0.25, -0.2) is 0 Å². The molecule has 1 rings (SSSR count). The van der Waals surface area contributed by atoms with Crippen molar-refractivity contribution in [3.8, 4) is 5.75 Å². The van der Waals surface area contributed by atoms with Gasteiger partial charge in [0.2, 0.25) is 0 Å². The summed E-state index contributed by atoms with van der Waals surface area (Å²) in [6.07, 6.45) is 2.95. The maximum atomic E-state index is 5.11. The smallest absolute Gasteiger partial charge is 0.178 e. The summed E-state index contributed by atoms with van der Waals surface area (Å²) in [6.45, 7) is 1.10. The molecule has 0 bridgehead atoms. The highest BCUT2D eigenvalue weighted by molar-refractivity contribution is 5.07. The van der Waals surface area contributed by atoms with Crippen molar-refractivity contribution in [1.82, 2.24) is 5.16 Å². The Kier molecular flexibility index (Phi) is 2.76. The number of hydrogen-bond acceptors (Lipinski definition) is 4. The topological polar surface area (TPSA) is 44.5 Å². The average Bonchev–Trinajstić information content (AvgIpc) is 2.41. The lowest BCUT2D eigenvalue weighted by Gasteiger charge is -1.98. The summed E-state index contributed by atoms with van der Waals surface area (Å²) < 4.78 is 14.4. The van der Waals surface area contributed by atoms with Gasteiger partial charge in [-0.3, -0.25) is 0 Å². The molecule has 0 saturated carbocycles. The van der Waals surface area contributed by atoms with Gasteiger partial charge in [-0.15, -0.1) is 0 Å². The van der Waals surface area contributed by atoms with Gasteiger partial charge < -0.3 is 14.0 Å². The SMILES string of the molecule is COCCOc1cnoc1. The van der Waals surface area contributed by atoms with Crippen molar-refractivity contribution in [1.29, 1.82) is 0 Å². The van der Waals surface area contributed by atoms with Crippen molar-refractivity contribution < 1.29 is 14.0 Å². The van der Waals surface area contributed by atoms with Crippen LogP contribution in [0.15, 0.2) is 17.0 Å². The predicted molar refractivity (Wildman–Crippen MR) is 33.9 cm³/mol. The van der Waals surface area contributed by atoms with Crippen LogP contribution in [0.2, 0.25) is 0 Å². The summed E-state index contributed by atoms with van der Waals surface area (Å²) in [6, 6.07) is 0. The van der Waals surface area contributed by atoms with E-state index in [1.54, 1.807) is 7.11 Å². The molecule has 0 atom stereocenters. The van der Waals surface area contributed by atoms with Crippen LogP contribution in [0.5, 0.6) is 5.75 Å². The number of ether oxygens (including phenoxy) is 2. The van der Waals surface area contributed by atoms with E-state index in [0.29, 0.717) is 19.0 Å². The molecule has 0 unspecified atom stereocenters. The van der Waals surface area contributed by atoms with Gasteiger partial charge >= 0.3 is 0 Å². The lowest BCUT2D eigenvalue weighted by molar-refractivity contribution is 0.146. The van der Waals surface area contributed by atoms with Crippen molar-refractivity contribution in [3.05, 3.63) is 12.5 Å². The van der Waals surface area contributed by atoms with Gasteiger partial charge in [0.1, 0.15) is 12.8 Å². The summed E-state index contributed by atoms with van der Waals surface area (Å²) in [5.41, 5.74) is 0. The lowest BCUT2D eigenvalue weighted by atomic mass is 10.6. The highest BCUT2D eigenvalue weighted by Crippen LogP contribution is 2.05. The van der Waals surface area contributed by atoms with Crippen molar-refractivity contribution >= 4 is 0 Å². The molecule has 0 saturated heterocycles. The molecule has 0 fully saturated rings. The fourth-order valence-corrected chi connectivity index (χ4v) is 0.509. The zero-order chi connectivity index (χ0) is 7.23. The van der Waals surface area contributed by atoms with Crippen LogP contribution in [-0.4, -0.2) is 25.5 Å². The third-order valence-electron chi connectivity index (χ3n) is 0.966. The van der Waals surface area contributed by atoms with E-state index in [0.717, 1.165) is 0 Å². The van der Waals surface area contributed by atoms with Gasteiger partial charge in [-0.2, -0.15) is 0 Å². The van der Waals surface area contributed by atoms with Crippen LogP contribution >= 0.6 is 0 Å². The predicted octanol–water partition coefficient (Wildman–Crippen LogP) is 0.700. The Balaban J connectivity index is 2.15. The van der Waals surface area contributed by atoms with Crippen LogP contribution in [0, 0.1) is 0 Å². The molecule has 0 aliphatic rings. The maximum absolute atomic E-state index is 5.11. The Bertz CT molecular complexity index is 162. The van der Waals surface area contributed by atoms with Crippen molar-refractivity contribution in [2.45, 2.75) is 0 Å². The quantitative estimate of drug-likeness (QED) is 0.582. The number of hydrogen-bond donors (Lipinski definition) is 0. The highest BCUT2D eigenvalue weighted by Gasteiger charge is 1.93. The molecule has 0 aliphatic carbocycles. The van der Waals surface area contributed by atoms with Gasteiger partial charge in [0.05, 0.1) is 6.61 Å². The Morgan fingerprint density at radius 1 is 1.60 bits per heavy atom. The van der Waals surface area contributed by atoms with Gasteiger partial charge in [0.15, 0.2) is 12.0 Å². The summed E-state index contributed by atoms with van der Waals surface area (Å²) in [7, 11) is 1.62. The lowest BCUT2D eigenvalue weighted by Crippen LogP contribution is -2.03. The highest BCUT2D eigenvalue weighted by atomic mass is 16.5. The largest absolute Gasteiger partial charge is 0.486 e. The molecule has 56 valence electrons. The van der Waals surface area contributed by atoms with Crippen LogP contribution in [0.1, 0.15) is 0 Å². The van der Waals surface area contributed by atoms with Crippen molar-refractivity contribution in [2.24, 2.45) is 0 Å². The minimum atomic E-state index is 0.526. The first kappa shape index (κ1) is 7.08. The second-order valence-corrected chi connectivity index (χ2v) is 1.70. The van der Waals surface area contributed by atoms with Crippen LogP contribution < -0.4 is 4.74 Å². The third kappa shape index (κ3) is 2.06. The summed E-state index contributed by atoms with van der Waals surface area (Å²) >= 11 is 0. The molecule has 0 aliphatic heterocycles. The molecule has 1 aromatic heterocycles. The first-order chi connectivity index (χ1) is 4.93. The average molecular weight is 143 g/mol. The standard InChI is InChI=1S/C6H9NO3/c1-8-2-3-9-6-4-7-10-5-6/h4-5H,2-3H2,1H3. The molecule has 0 aromatic carbocycles. The first-order valence-electron chi connectivity index (χ1n) is 2.94. The van der Waals surface area contributed by atoms with E-state index in [1.165, 1.54) is 12.5 Å². The Morgan fingerprint density at radius 2 is 2.50 bits per heavy atom. The number of rotatable bonds is 4. The van der Waals surface area contributed by atoms with Crippen LogP contribution in [0.4, 0.5) is 0 Å². The van der Waals surface area contributed by atoms with E-state index < -0.39 is 0 Å². The van der Waals surface area contributed by atoms with Gasteiger partial charge in [-0.05, 0) is 0 Å². The van der Waals surface area contributed by atoms with Gasteiger partial charge in [-0.1, -0.05) is 5.16 Å². The molecular weight excluding hydrogens is 134 g/mol. The molecular formula is C6H9NO3. The molecule has 4 heteroatoms. The third-order valence-corrected chi connectivity index (χ3v) is 0.966. The molecule has 1 heterocycles. The van der Waals surface area contributed by atoms with E-state index >= 15 is 0 Å². The maximum Gasteiger partial charge on any atom is 0.178 e. The van der Waals surface area contributed by atoms with Gasteiger partial charge in [0.25, 0.3) is 0 Å². The van der Waals surface area contributed by atoms with Crippen LogP contribution in [0.25, 0.3) is 0 Å². The normalized spacial score (nSPS) is 9.70. The van der Waals surface area contributed by atoms with E-state index in [1.807, 2.05) is 0 Å². The monoisotopic (exact) mass is 143 g/mol. The Hall–Kier alpha value is -1.03. The van der Waals surface area contributed by atoms with Crippen molar-refractivity contribution in [2.75, 3.05) is 20.3 Å². The van der Waals surface area contributed by atoms with Crippen LogP contribution in [0.3, 0.4) is 0 Å².